The van der Waals surface area contributed by atoms with E-state index in [1.54, 1.807) is 4.90 Å². The molecule has 3 rings (SSSR count). The number of nitrogens with zero attached hydrogens (tertiary/aromatic N) is 2. The smallest absolute Gasteiger partial charge is 0.317 e. The van der Waals surface area contributed by atoms with Crippen LogP contribution in [0.15, 0.2) is 23.1 Å². The standard InChI is InChI=1S/C19H26Cl2N4O4S/c20-15-6-3-7-16(18(15)21)30(28,29)25-12-10-24(11-13-25)19(27)22-9-8-17(26)23-14-4-1-2-5-14/h3,6-7,14H,1-2,4-5,8-13H2,(H,22,27)(H,23,26). The van der Waals surface area contributed by atoms with E-state index >= 15 is 0 Å². The van der Waals surface area contributed by atoms with Crippen molar-refractivity contribution in [1.29, 1.82) is 0 Å². The molecule has 0 atom stereocenters. The largest absolute Gasteiger partial charge is 0.353 e. The minimum Gasteiger partial charge on any atom is -0.353 e. The lowest BCUT2D eigenvalue weighted by molar-refractivity contribution is -0.121. The number of piperazine rings is 1. The summed E-state index contributed by atoms with van der Waals surface area (Å²) in [6.07, 6.45) is 4.56. The highest BCUT2D eigenvalue weighted by Gasteiger charge is 2.32. The second-order valence-corrected chi connectivity index (χ2v) is 10.2. The highest BCUT2D eigenvalue weighted by molar-refractivity contribution is 7.89. The van der Waals surface area contributed by atoms with Crippen LogP contribution in [0.1, 0.15) is 32.1 Å². The Kier molecular flexibility index (Phi) is 7.84. The Hall–Kier alpha value is -1.55. The third-order valence-corrected chi connectivity index (χ3v) is 8.28. The van der Waals surface area contributed by atoms with E-state index in [4.69, 9.17) is 23.2 Å². The molecule has 2 aliphatic rings. The van der Waals surface area contributed by atoms with Gasteiger partial charge in [-0.25, -0.2) is 13.2 Å². The predicted octanol–water partition coefficient (Wildman–Crippen LogP) is 2.46. The molecule has 1 saturated heterocycles. The Labute approximate surface area is 186 Å². The quantitative estimate of drug-likeness (QED) is 0.658. The monoisotopic (exact) mass is 476 g/mol. The summed E-state index contributed by atoms with van der Waals surface area (Å²) in [7, 11) is -3.80. The Morgan fingerprint density at radius 2 is 1.73 bits per heavy atom. The molecular weight excluding hydrogens is 451 g/mol. The van der Waals surface area contributed by atoms with Gasteiger partial charge in [-0.3, -0.25) is 4.79 Å². The van der Waals surface area contributed by atoms with Crippen LogP contribution in [-0.4, -0.2) is 68.3 Å². The molecular formula is C19H26Cl2N4O4S. The van der Waals surface area contributed by atoms with Gasteiger partial charge in [0.1, 0.15) is 4.90 Å². The van der Waals surface area contributed by atoms with Crippen molar-refractivity contribution in [1.82, 2.24) is 19.8 Å². The molecule has 30 heavy (non-hydrogen) atoms. The van der Waals surface area contributed by atoms with Crippen LogP contribution in [0.2, 0.25) is 10.0 Å². The first kappa shape index (κ1) is 23.1. The maximum absolute atomic E-state index is 12.8. The highest BCUT2D eigenvalue weighted by atomic mass is 35.5. The number of carbonyl (C=O) groups is 2. The number of benzene rings is 1. The number of nitrogens with one attached hydrogen (secondary N) is 2. The van der Waals surface area contributed by atoms with Crippen LogP contribution in [0.3, 0.4) is 0 Å². The summed E-state index contributed by atoms with van der Waals surface area (Å²) in [5.41, 5.74) is 0. The normalized spacial score (nSPS) is 18.4. The molecule has 2 fully saturated rings. The summed E-state index contributed by atoms with van der Waals surface area (Å²) in [6, 6.07) is 4.43. The summed E-state index contributed by atoms with van der Waals surface area (Å²) in [6.45, 7) is 1.05. The van der Waals surface area contributed by atoms with Gasteiger partial charge in [-0.2, -0.15) is 4.31 Å². The molecule has 2 N–H and O–H groups in total. The summed E-state index contributed by atoms with van der Waals surface area (Å²) in [5, 5.41) is 5.88. The van der Waals surface area contributed by atoms with Crippen molar-refractivity contribution in [3.8, 4) is 0 Å². The van der Waals surface area contributed by atoms with Crippen LogP contribution in [0.25, 0.3) is 0 Å². The van der Waals surface area contributed by atoms with E-state index in [0.29, 0.717) is 0 Å². The molecule has 1 saturated carbocycles. The van der Waals surface area contributed by atoms with Crippen LogP contribution >= 0.6 is 23.2 Å². The molecule has 0 unspecified atom stereocenters. The van der Waals surface area contributed by atoms with Gasteiger partial charge in [-0.05, 0) is 25.0 Å². The zero-order valence-corrected chi connectivity index (χ0v) is 18.9. The number of amides is 3. The molecule has 1 aliphatic carbocycles. The van der Waals surface area contributed by atoms with Crippen LogP contribution in [-0.2, 0) is 14.8 Å². The first-order chi connectivity index (χ1) is 14.3. The van der Waals surface area contributed by atoms with E-state index in [9.17, 15) is 18.0 Å². The number of hydrogen-bond acceptors (Lipinski definition) is 4. The molecule has 1 aromatic rings. The van der Waals surface area contributed by atoms with Crippen molar-refractivity contribution in [2.75, 3.05) is 32.7 Å². The first-order valence-electron chi connectivity index (χ1n) is 10.1. The van der Waals surface area contributed by atoms with Crippen molar-refractivity contribution < 1.29 is 18.0 Å². The van der Waals surface area contributed by atoms with Crippen molar-refractivity contribution in [3.63, 3.8) is 0 Å². The molecule has 11 heteroatoms. The van der Waals surface area contributed by atoms with Gasteiger partial charge in [0, 0.05) is 45.2 Å². The van der Waals surface area contributed by atoms with Gasteiger partial charge in [-0.1, -0.05) is 42.1 Å². The molecule has 0 bridgehead atoms. The minimum absolute atomic E-state index is 0.00443. The van der Waals surface area contributed by atoms with Crippen molar-refractivity contribution in [3.05, 3.63) is 28.2 Å². The van der Waals surface area contributed by atoms with E-state index in [1.807, 2.05) is 0 Å². The number of hydrogen-bond donors (Lipinski definition) is 2. The Bertz CT molecular complexity index is 883. The van der Waals surface area contributed by atoms with Gasteiger partial charge < -0.3 is 15.5 Å². The molecule has 1 aromatic carbocycles. The Balaban J connectivity index is 1.44. The highest BCUT2D eigenvalue weighted by Crippen LogP contribution is 2.31. The molecule has 166 valence electrons. The molecule has 0 spiro atoms. The lowest BCUT2D eigenvalue weighted by Crippen LogP contribution is -2.53. The number of urea groups is 1. The molecule has 1 aliphatic heterocycles. The minimum atomic E-state index is -3.80. The SMILES string of the molecule is O=C(CCNC(=O)N1CCN(S(=O)(=O)c2cccc(Cl)c2Cl)CC1)NC1CCCC1. The molecule has 0 radical (unpaired) electrons. The van der Waals surface area contributed by atoms with E-state index in [0.717, 1.165) is 25.7 Å². The van der Waals surface area contributed by atoms with E-state index in [-0.39, 0.29) is 72.1 Å². The van der Waals surface area contributed by atoms with Crippen LogP contribution in [0, 0.1) is 0 Å². The zero-order chi connectivity index (χ0) is 21.7. The number of rotatable bonds is 6. The van der Waals surface area contributed by atoms with E-state index < -0.39 is 10.0 Å². The van der Waals surface area contributed by atoms with Gasteiger partial charge in [-0.15, -0.1) is 0 Å². The Morgan fingerprint density at radius 1 is 1.07 bits per heavy atom. The number of sulfonamides is 1. The van der Waals surface area contributed by atoms with Gasteiger partial charge >= 0.3 is 6.03 Å². The van der Waals surface area contributed by atoms with Crippen LogP contribution in [0.5, 0.6) is 0 Å². The molecule has 0 aromatic heterocycles. The topological polar surface area (TPSA) is 98.8 Å². The maximum Gasteiger partial charge on any atom is 0.317 e. The van der Waals surface area contributed by atoms with Crippen molar-refractivity contribution in [2.45, 2.75) is 43.0 Å². The third-order valence-electron chi connectivity index (χ3n) is 5.41. The lowest BCUT2D eigenvalue weighted by Gasteiger charge is -2.34. The fraction of sp³-hybridized carbons (Fsp3) is 0.579. The summed E-state index contributed by atoms with van der Waals surface area (Å²) < 4.78 is 27.0. The number of halogens is 2. The molecule has 3 amide bonds. The first-order valence-corrected chi connectivity index (χ1v) is 12.2. The zero-order valence-electron chi connectivity index (χ0n) is 16.6. The third kappa shape index (κ3) is 5.57. The van der Waals surface area contributed by atoms with E-state index in [1.165, 1.54) is 22.5 Å². The average Bonchev–Trinajstić information content (AvgIpc) is 3.23. The van der Waals surface area contributed by atoms with E-state index in [2.05, 4.69) is 10.6 Å². The van der Waals surface area contributed by atoms with Crippen LogP contribution in [0.4, 0.5) is 4.79 Å². The predicted molar refractivity (Wildman–Crippen MR) is 115 cm³/mol. The maximum atomic E-state index is 12.8. The fourth-order valence-corrected chi connectivity index (χ4v) is 5.88. The lowest BCUT2D eigenvalue weighted by atomic mass is 10.2. The summed E-state index contributed by atoms with van der Waals surface area (Å²) in [4.78, 5) is 25.8. The summed E-state index contributed by atoms with van der Waals surface area (Å²) in [5.74, 6) is -0.0588. The average molecular weight is 477 g/mol. The van der Waals surface area contributed by atoms with Crippen LogP contribution < -0.4 is 10.6 Å². The van der Waals surface area contributed by atoms with Crippen molar-refractivity contribution >= 4 is 45.2 Å². The Morgan fingerprint density at radius 3 is 2.40 bits per heavy atom. The molecule has 1 heterocycles. The second kappa shape index (κ2) is 10.2. The summed E-state index contributed by atoms with van der Waals surface area (Å²) >= 11 is 12.0. The number of carbonyl (C=O) groups excluding carboxylic acids is 2. The fourth-order valence-electron chi connectivity index (χ4n) is 3.72. The van der Waals surface area contributed by atoms with Gasteiger partial charge in [0.15, 0.2) is 0 Å². The van der Waals surface area contributed by atoms with Gasteiger partial charge in [0.2, 0.25) is 15.9 Å². The van der Waals surface area contributed by atoms with Gasteiger partial charge in [0.05, 0.1) is 10.0 Å². The second-order valence-electron chi connectivity index (χ2n) is 7.47. The van der Waals surface area contributed by atoms with Gasteiger partial charge in [0.25, 0.3) is 0 Å². The molecule has 8 nitrogen and oxygen atoms in total. The van der Waals surface area contributed by atoms with Crippen molar-refractivity contribution in [2.24, 2.45) is 0 Å².